The molecule has 3 N–H and O–H groups in total. The van der Waals surface area contributed by atoms with E-state index in [4.69, 9.17) is 23.7 Å². The molecule has 1 saturated heterocycles. The molecule has 43 heavy (non-hydrogen) atoms. The van der Waals surface area contributed by atoms with Crippen LogP contribution in [0.2, 0.25) is 0 Å². The van der Waals surface area contributed by atoms with E-state index in [0.717, 1.165) is 24.0 Å². The molecule has 2 aliphatic heterocycles. The lowest BCUT2D eigenvalue weighted by Crippen LogP contribution is -2.60. The summed E-state index contributed by atoms with van der Waals surface area (Å²) in [5, 5.41) is 31.0. The van der Waals surface area contributed by atoms with Crippen LogP contribution >= 0.6 is 0 Å². The summed E-state index contributed by atoms with van der Waals surface area (Å²) in [6.07, 6.45) is 14.9. The molecule has 9 atom stereocenters. The highest BCUT2D eigenvalue weighted by atomic mass is 16.7. The standard InChI is InChI=1S/C34H52O9/c1-7-8-14-24(3)20-26-16-12-10-9-11-15-23(2)19-25(4)28(39-5)18-13-17-27(21-30(36)41-26)42-34-32(38)33(40-6)31(37)29(22-35)43-34/h7-13,17,19-20,23,26-29,31-35,37-38H,14-16,18,21-22H2,1-6H3/b8-7+,11-9+,12-10+,17-13+,24-20-,25-19+/t23-,26-,27?,28+,29-,31-,32-,33+,34-/m1/s1. The Morgan fingerprint density at radius 1 is 1.07 bits per heavy atom. The maximum absolute atomic E-state index is 13.3. The minimum absolute atomic E-state index is 0.154. The number of aliphatic hydroxyl groups excluding tert-OH is 3. The maximum Gasteiger partial charge on any atom is 0.309 e. The third kappa shape index (κ3) is 12.6. The molecule has 0 amide bonds. The number of carbonyl (C=O) groups excluding carboxylic acids is 1. The van der Waals surface area contributed by atoms with Gasteiger partial charge in [-0.2, -0.15) is 0 Å². The molecule has 0 spiro atoms. The predicted molar refractivity (Wildman–Crippen MR) is 166 cm³/mol. The average Bonchev–Trinajstić information content (AvgIpc) is 2.96. The van der Waals surface area contributed by atoms with E-state index in [9.17, 15) is 20.1 Å². The van der Waals surface area contributed by atoms with Crippen LogP contribution in [-0.2, 0) is 28.5 Å². The van der Waals surface area contributed by atoms with Crippen molar-refractivity contribution in [2.45, 2.75) is 109 Å². The van der Waals surface area contributed by atoms with E-state index in [1.165, 1.54) is 7.11 Å². The Labute approximate surface area is 257 Å². The van der Waals surface area contributed by atoms with Gasteiger partial charge in [-0.15, -0.1) is 0 Å². The van der Waals surface area contributed by atoms with Crippen molar-refractivity contribution in [1.82, 2.24) is 0 Å². The summed E-state index contributed by atoms with van der Waals surface area (Å²) in [6, 6.07) is 0. The smallest absolute Gasteiger partial charge is 0.309 e. The van der Waals surface area contributed by atoms with Crippen LogP contribution in [0.3, 0.4) is 0 Å². The van der Waals surface area contributed by atoms with Gasteiger partial charge >= 0.3 is 5.97 Å². The zero-order valence-corrected chi connectivity index (χ0v) is 26.5. The van der Waals surface area contributed by atoms with E-state index in [0.29, 0.717) is 18.8 Å². The third-order valence-electron chi connectivity index (χ3n) is 7.50. The fourth-order valence-electron chi connectivity index (χ4n) is 5.11. The van der Waals surface area contributed by atoms with E-state index in [1.54, 1.807) is 13.2 Å². The van der Waals surface area contributed by atoms with E-state index in [1.807, 2.05) is 63.3 Å². The van der Waals surface area contributed by atoms with Gasteiger partial charge in [-0.1, -0.05) is 67.2 Å². The van der Waals surface area contributed by atoms with E-state index in [-0.39, 0.29) is 12.5 Å². The van der Waals surface area contributed by atoms with Crippen LogP contribution in [-0.4, -0.2) is 91.1 Å². The van der Waals surface area contributed by atoms with Gasteiger partial charge in [-0.3, -0.25) is 4.79 Å². The minimum atomic E-state index is -1.36. The Balaban J connectivity index is 2.38. The Kier molecular flexibility index (Phi) is 17.0. The molecule has 0 saturated carbocycles. The first-order chi connectivity index (χ1) is 20.6. The first-order valence-electron chi connectivity index (χ1n) is 15.1. The normalized spacial score (nSPS) is 37.5. The molecule has 1 unspecified atom stereocenters. The lowest BCUT2D eigenvalue weighted by atomic mass is 9.98. The number of allylic oxidation sites excluding steroid dienone is 7. The van der Waals surface area contributed by atoms with Crippen LogP contribution in [0.4, 0.5) is 0 Å². The average molecular weight is 605 g/mol. The van der Waals surface area contributed by atoms with Crippen molar-refractivity contribution >= 4 is 5.97 Å². The summed E-state index contributed by atoms with van der Waals surface area (Å²) in [5.74, 6) is -0.166. The molecule has 2 rings (SSSR count). The number of hydrogen-bond donors (Lipinski definition) is 3. The van der Waals surface area contributed by atoms with Crippen LogP contribution in [0.15, 0.2) is 71.9 Å². The molecular weight excluding hydrogens is 552 g/mol. The largest absolute Gasteiger partial charge is 0.458 e. The highest BCUT2D eigenvalue weighted by molar-refractivity contribution is 5.70. The molecule has 9 nitrogen and oxygen atoms in total. The van der Waals surface area contributed by atoms with Gasteiger partial charge in [0.05, 0.1) is 25.2 Å². The highest BCUT2D eigenvalue weighted by Crippen LogP contribution is 2.26. The second kappa shape index (κ2) is 19.8. The number of methoxy groups -OCH3 is 2. The third-order valence-corrected chi connectivity index (χ3v) is 7.50. The highest BCUT2D eigenvalue weighted by Gasteiger charge is 2.46. The lowest BCUT2D eigenvalue weighted by molar-refractivity contribution is -0.311. The van der Waals surface area contributed by atoms with Gasteiger partial charge in [0, 0.05) is 20.6 Å². The predicted octanol–water partition coefficient (Wildman–Crippen LogP) is 4.49. The summed E-state index contributed by atoms with van der Waals surface area (Å²) < 4.78 is 28.7. The molecule has 0 aromatic heterocycles. The summed E-state index contributed by atoms with van der Waals surface area (Å²) in [4.78, 5) is 13.3. The van der Waals surface area contributed by atoms with Gasteiger partial charge in [0.1, 0.15) is 30.5 Å². The first-order valence-corrected chi connectivity index (χ1v) is 15.1. The van der Waals surface area contributed by atoms with Gasteiger partial charge in [0.25, 0.3) is 0 Å². The topological polar surface area (TPSA) is 124 Å². The van der Waals surface area contributed by atoms with Crippen molar-refractivity contribution in [3.8, 4) is 0 Å². The van der Waals surface area contributed by atoms with Gasteiger partial charge in [-0.05, 0) is 57.6 Å². The molecule has 0 aromatic rings. The fraction of sp³-hybridized carbons (Fsp3) is 0.618. The van der Waals surface area contributed by atoms with Crippen LogP contribution in [0.1, 0.15) is 59.8 Å². The van der Waals surface area contributed by atoms with E-state index in [2.05, 4.69) is 19.1 Å². The molecule has 0 aliphatic carbocycles. The van der Waals surface area contributed by atoms with Crippen molar-refractivity contribution < 1.29 is 43.8 Å². The summed E-state index contributed by atoms with van der Waals surface area (Å²) in [7, 11) is 3.01. The number of carbonyl (C=O) groups is 1. The zero-order valence-electron chi connectivity index (χ0n) is 26.5. The van der Waals surface area contributed by atoms with Crippen LogP contribution in [0, 0.1) is 5.92 Å². The summed E-state index contributed by atoms with van der Waals surface area (Å²) >= 11 is 0. The number of aliphatic hydroxyl groups is 3. The van der Waals surface area contributed by atoms with Crippen molar-refractivity contribution in [3.05, 3.63) is 71.9 Å². The minimum Gasteiger partial charge on any atom is -0.458 e. The van der Waals surface area contributed by atoms with Crippen molar-refractivity contribution in [3.63, 3.8) is 0 Å². The quantitative estimate of drug-likeness (QED) is 0.272. The SMILES string of the molecule is C/C=C/C/C(C)=C\[C@H]1C/C=C/C=C/C[C@@H](C)/C=C(\C)[C@@H](OC)C/C=C/C(O[C@@H]2O[C@H](CO)[C@@H](O)[C@H](OC)[C@H]2O)CC(=O)O1. The van der Waals surface area contributed by atoms with E-state index >= 15 is 0 Å². The molecular formula is C34H52O9. The van der Waals surface area contributed by atoms with E-state index < -0.39 is 55.5 Å². The maximum atomic E-state index is 13.3. The number of esters is 1. The molecule has 2 aliphatic rings. The number of ether oxygens (including phenoxy) is 5. The Morgan fingerprint density at radius 3 is 2.44 bits per heavy atom. The Bertz CT molecular complexity index is 1010. The number of hydrogen-bond acceptors (Lipinski definition) is 9. The first kappa shape index (κ1) is 36.8. The monoisotopic (exact) mass is 604 g/mol. The van der Waals surface area contributed by atoms with Gasteiger partial charge < -0.3 is 39.0 Å². The van der Waals surface area contributed by atoms with Gasteiger partial charge in [-0.25, -0.2) is 0 Å². The van der Waals surface area contributed by atoms with Crippen LogP contribution in [0.25, 0.3) is 0 Å². The molecule has 242 valence electrons. The molecule has 1 fully saturated rings. The molecule has 0 radical (unpaired) electrons. The van der Waals surface area contributed by atoms with Crippen molar-refractivity contribution in [2.24, 2.45) is 5.92 Å². The summed E-state index contributed by atoms with van der Waals surface area (Å²) in [6.45, 7) is 7.66. The summed E-state index contributed by atoms with van der Waals surface area (Å²) in [5.41, 5.74) is 2.17. The van der Waals surface area contributed by atoms with Crippen LogP contribution < -0.4 is 0 Å². The van der Waals surface area contributed by atoms with Crippen molar-refractivity contribution in [1.29, 1.82) is 0 Å². The van der Waals surface area contributed by atoms with Crippen LogP contribution in [0.5, 0.6) is 0 Å². The molecule has 0 bridgehead atoms. The van der Waals surface area contributed by atoms with Crippen molar-refractivity contribution in [2.75, 3.05) is 20.8 Å². The number of cyclic esters (lactones) is 1. The number of rotatable bonds is 8. The molecule has 2 heterocycles. The Hall–Kier alpha value is -2.37. The molecule has 0 aromatic carbocycles. The van der Waals surface area contributed by atoms with Gasteiger partial charge in [0.2, 0.25) is 0 Å². The molecule has 9 heteroatoms. The Morgan fingerprint density at radius 2 is 1.79 bits per heavy atom. The fourth-order valence-corrected chi connectivity index (χ4v) is 5.11. The zero-order chi connectivity index (χ0) is 31.8. The van der Waals surface area contributed by atoms with Gasteiger partial charge in [0.15, 0.2) is 6.29 Å². The lowest BCUT2D eigenvalue weighted by Gasteiger charge is -2.42. The second-order valence-corrected chi connectivity index (χ2v) is 11.2. The second-order valence-electron chi connectivity index (χ2n) is 11.2.